The average Bonchev–Trinajstić information content (AvgIpc) is 2.67. The molecule has 0 bridgehead atoms. The predicted molar refractivity (Wildman–Crippen MR) is 103 cm³/mol. The molecule has 4 heteroatoms. The summed E-state index contributed by atoms with van der Waals surface area (Å²) in [6.07, 6.45) is 3.08. The number of carbonyl (C=O) groups is 1. The highest BCUT2D eigenvalue weighted by atomic mass is 16.1. The van der Waals surface area contributed by atoms with Crippen molar-refractivity contribution < 1.29 is 4.79 Å². The number of nitrogens with two attached hydrogens (primary N) is 1. The normalized spacial score (nSPS) is 16.6. The van der Waals surface area contributed by atoms with Gasteiger partial charge in [0.05, 0.1) is 0 Å². The van der Waals surface area contributed by atoms with E-state index in [4.69, 9.17) is 5.73 Å². The van der Waals surface area contributed by atoms with E-state index in [1.54, 1.807) is 0 Å². The number of piperidine rings is 1. The second kappa shape index (κ2) is 8.17. The van der Waals surface area contributed by atoms with Crippen LogP contribution in [0.3, 0.4) is 0 Å². The summed E-state index contributed by atoms with van der Waals surface area (Å²) in [5, 5.41) is 3.46. The Morgan fingerprint density at radius 2 is 1.76 bits per heavy atom. The first-order valence-corrected chi connectivity index (χ1v) is 9.11. The van der Waals surface area contributed by atoms with Crippen LogP contribution in [0.15, 0.2) is 54.6 Å². The van der Waals surface area contributed by atoms with Gasteiger partial charge in [0, 0.05) is 24.8 Å². The molecule has 0 saturated carbocycles. The number of aryl methyl sites for hydroxylation is 1. The zero-order chi connectivity index (χ0) is 17.6. The molecule has 2 aromatic carbocycles. The first-order chi connectivity index (χ1) is 12.2. The van der Waals surface area contributed by atoms with Crippen LogP contribution in [0.25, 0.3) is 0 Å². The lowest BCUT2D eigenvalue weighted by atomic mass is 10.00. The Morgan fingerprint density at radius 1 is 1.12 bits per heavy atom. The predicted octanol–water partition coefficient (Wildman–Crippen LogP) is 3.03. The van der Waals surface area contributed by atoms with E-state index in [9.17, 15) is 4.79 Å². The number of hydrogen-bond donors (Lipinski definition) is 2. The Bertz CT molecular complexity index is 676. The molecular weight excluding hydrogens is 310 g/mol. The molecule has 1 saturated heterocycles. The van der Waals surface area contributed by atoms with Crippen LogP contribution in [-0.2, 0) is 11.2 Å². The van der Waals surface area contributed by atoms with Crippen molar-refractivity contribution in [3.63, 3.8) is 0 Å². The molecule has 0 spiro atoms. The summed E-state index contributed by atoms with van der Waals surface area (Å²) >= 11 is 0. The number of rotatable bonds is 6. The van der Waals surface area contributed by atoms with Gasteiger partial charge in [0.15, 0.2) is 0 Å². The topological polar surface area (TPSA) is 58.4 Å². The third-order valence-electron chi connectivity index (χ3n) is 5.02. The second-order valence-electron chi connectivity index (χ2n) is 6.69. The summed E-state index contributed by atoms with van der Waals surface area (Å²) in [7, 11) is 0. The molecule has 3 rings (SSSR count). The number of nitrogens with zero attached hydrogens (tertiary/aromatic N) is 1. The summed E-state index contributed by atoms with van der Waals surface area (Å²) in [5.74, 6) is -0.316. The maximum Gasteiger partial charge on any atom is 0.239 e. The molecule has 1 aliphatic rings. The van der Waals surface area contributed by atoms with Crippen LogP contribution in [-0.4, -0.2) is 25.0 Å². The molecule has 1 fully saturated rings. The van der Waals surface area contributed by atoms with Crippen molar-refractivity contribution in [2.45, 2.75) is 38.3 Å². The first kappa shape index (κ1) is 17.5. The fourth-order valence-electron chi connectivity index (χ4n) is 3.47. The van der Waals surface area contributed by atoms with E-state index in [1.165, 1.54) is 11.3 Å². The fourth-order valence-corrected chi connectivity index (χ4v) is 3.47. The van der Waals surface area contributed by atoms with E-state index >= 15 is 0 Å². The third kappa shape index (κ3) is 4.40. The Hall–Kier alpha value is -2.33. The maximum atomic E-state index is 11.9. The lowest BCUT2D eigenvalue weighted by Gasteiger charge is -2.35. The standard InChI is InChI=1S/C21H27N3O/c1-2-16-8-10-19(11-9-16)24-14-12-18(13-15-24)23-20(21(22)25)17-6-4-3-5-7-17/h3-11,18,20,23H,2,12-15H2,1H3,(H2,22,25). The number of primary amides is 1. The van der Waals surface area contributed by atoms with Crippen LogP contribution in [0.5, 0.6) is 0 Å². The van der Waals surface area contributed by atoms with E-state index in [2.05, 4.69) is 41.4 Å². The Labute approximate surface area is 150 Å². The zero-order valence-electron chi connectivity index (χ0n) is 14.8. The van der Waals surface area contributed by atoms with Gasteiger partial charge in [-0.05, 0) is 42.5 Å². The highest BCUT2D eigenvalue weighted by molar-refractivity contribution is 5.81. The quantitative estimate of drug-likeness (QED) is 0.852. The van der Waals surface area contributed by atoms with Crippen molar-refractivity contribution >= 4 is 11.6 Å². The Morgan fingerprint density at radius 3 is 2.32 bits per heavy atom. The van der Waals surface area contributed by atoms with Crippen LogP contribution in [0.2, 0.25) is 0 Å². The van der Waals surface area contributed by atoms with E-state index in [0.717, 1.165) is 37.9 Å². The molecule has 1 heterocycles. The van der Waals surface area contributed by atoms with Crippen LogP contribution in [0.4, 0.5) is 5.69 Å². The van der Waals surface area contributed by atoms with Crippen LogP contribution in [0, 0.1) is 0 Å². The molecule has 0 aromatic heterocycles. The van der Waals surface area contributed by atoms with E-state index in [1.807, 2.05) is 30.3 Å². The van der Waals surface area contributed by atoms with Crippen LogP contribution < -0.4 is 16.0 Å². The third-order valence-corrected chi connectivity index (χ3v) is 5.02. The zero-order valence-corrected chi connectivity index (χ0v) is 14.8. The molecule has 25 heavy (non-hydrogen) atoms. The van der Waals surface area contributed by atoms with Gasteiger partial charge in [0.25, 0.3) is 0 Å². The minimum absolute atomic E-state index is 0.309. The number of carbonyl (C=O) groups excluding carboxylic acids is 1. The SMILES string of the molecule is CCc1ccc(N2CCC(NC(C(N)=O)c3ccccc3)CC2)cc1. The summed E-state index contributed by atoms with van der Waals surface area (Å²) in [5.41, 5.74) is 9.21. The van der Waals surface area contributed by atoms with E-state index < -0.39 is 6.04 Å². The molecule has 4 nitrogen and oxygen atoms in total. The van der Waals surface area contributed by atoms with E-state index in [0.29, 0.717) is 6.04 Å². The molecule has 132 valence electrons. The van der Waals surface area contributed by atoms with Gasteiger partial charge in [0.2, 0.25) is 5.91 Å². The van der Waals surface area contributed by atoms with Gasteiger partial charge in [0.1, 0.15) is 6.04 Å². The van der Waals surface area contributed by atoms with Crippen molar-refractivity contribution in [3.05, 3.63) is 65.7 Å². The molecule has 1 unspecified atom stereocenters. The highest BCUT2D eigenvalue weighted by Gasteiger charge is 2.25. The molecular formula is C21H27N3O. The second-order valence-corrected chi connectivity index (χ2v) is 6.69. The van der Waals surface area contributed by atoms with Gasteiger partial charge in [-0.2, -0.15) is 0 Å². The fraction of sp³-hybridized carbons (Fsp3) is 0.381. The van der Waals surface area contributed by atoms with Crippen molar-refractivity contribution in [2.24, 2.45) is 5.73 Å². The summed E-state index contributed by atoms with van der Waals surface area (Å²) < 4.78 is 0. The molecule has 1 amide bonds. The monoisotopic (exact) mass is 337 g/mol. The highest BCUT2D eigenvalue weighted by Crippen LogP contribution is 2.22. The van der Waals surface area contributed by atoms with Crippen molar-refractivity contribution in [3.8, 4) is 0 Å². The Kier molecular flexibility index (Phi) is 5.71. The Balaban J connectivity index is 1.58. The lowest BCUT2D eigenvalue weighted by molar-refractivity contribution is -0.120. The summed E-state index contributed by atoms with van der Waals surface area (Å²) in [6.45, 7) is 4.15. The lowest BCUT2D eigenvalue weighted by Crippen LogP contribution is -2.46. The van der Waals surface area contributed by atoms with Gasteiger partial charge in [-0.25, -0.2) is 0 Å². The first-order valence-electron chi connectivity index (χ1n) is 9.11. The summed E-state index contributed by atoms with van der Waals surface area (Å²) in [4.78, 5) is 14.3. The average molecular weight is 337 g/mol. The minimum Gasteiger partial charge on any atom is -0.371 e. The van der Waals surface area contributed by atoms with E-state index in [-0.39, 0.29) is 5.91 Å². The van der Waals surface area contributed by atoms with Gasteiger partial charge >= 0.3 is 0 Å². The molecule has 3 N–H and O–H groups in total. The van der Waals surface area contributed by atoms with Crippen LogP contribution in [0.1, 0.15) is 36.9 Å². The maximum absolute atomic E-state index is 11.9. The molecule has 0 radical (unpaired) electrons. The van der Waals surface area contributed by atoms with Crippen molar-refractivity contribution in [2.75, 3.05) is 18.0 Å². The number of amides is 1. The molecule has 1 aliphatic heterocycles. The largest absolute Gasteiger partial charge is 0.371 e. The van der Waals surface area contributed by atoms with Crippen LogP contribution >= 0.6 is 0 Å². The molecule has 2 aromatic rings. The molecule has 0 aliphatic carbocycles. The van der Waals surface area contributed by atoms with Gasteiger partial charge in [-0.3, -0.25) is 10.1 Å². The number of hydrogen-bond acceptors (Lipinski definition) is 3. The number of nitrogens with one attached hydrogen (secondary N) is 1. The van der Waals surface area contributed by atoms with Crippen molar-refractivity contribution in [1.82, 2.24) is 5.32 Å². The minimum atomic E-state index is -0.415. The molecule has 1 atom stereocenters. The summed E-state index contributed by atoms with van der Waals surface area (Å²) in [6, 6.07) is 18.5. The van der Waals surface area contributed by atoms with Gasteiger partial charge in [-0.1, -0.05) is 49.4 Å². The van der Waals surface area contributed by atoms with Gasteiger partial charge in [-0.15, -0.1) is 0 Å². The smallest absolute Gasteiger partial charge is 0.239 e. The number of benzene rings is 2. The number of anilines is 1. The van der Waals surface area contributed by atoms with Gasteiger partial charge < -0.3 is 10.6 Å². The van der Waals surface area contributed by atoms with Crippen molar-refractivity contribution in [1.29, 1.82) is 0 Å².